The predicted octanol–water partition coefficient (Wildman–Crippen LogP) is 7.50. The number of aliphatic carboxylic acids is 1. The third-order valence-corrected chi connectivity index (χ3v) is 8.02. The van der Waals surface area contributed by atoms with E-state index >= 15 is 0 Å². The molecule has 0 saturated heterocycles. The first kappa shape index (κ1) is 52.9. The van der Waals surface area contributed by atoms with Gasteiger partial charge in [0.15, 0.2) is 5.78 Å². The summed E-state index contributed by atoms with van der Waals surface area (Å²) in [6.45, 7) is 4.40. The van der Waals surface area contributed by atoms with Crippen molar-refractivity contribution in [1.29, 1.82) is 0 Å². The molecule has 5 N–H and O–H groups in total. The zero-order valence-electron chi connectivity index (χ0n) is 35.0. The number of carboxylic acid groups (broad SMARTS) is 1. The third kappa shape index (κ3) is 28.1. The number of ketones is 1. The highest BCUT2D eigenvalue weighted by molar-refractivity contribution is 5.91. The molecule has 0 aliphatic rings. The number of aryl methyl sites for hydroxylation is 1. The number of rotatable bonds is 17. The van der Waals surface area contributed by atoms with Gasteiger partial charge in [-0.1, -0.05) is 170 Å². The predicted molar refractivity (Wildman–Crippen MR) is 241 cm³/mol. The van der Waals surface area contributed by atoms with Gasteiger partial charge in [-0.05, 0) is 67.5 Å². The number of benzene rings is 5. The molecule has 0 aliphatic carbocycles. The fourth-order valence-corrected chi connectivity index (χ4v) is 4.86. The molecule has 10 heteroatoms. The summed E-state index contributed by atoms with van der Waals surface area (Å²) < 4.78 is 5.09. The van der Waals surface area contributed by atoms with Crippen molar-refractivity contribution in [3.63, 3.8) is 0 Å². The van der Waals surface area contributed by atoms with Crippen LogP contribution in [0.1, 0.15) is 60.9 Å². The van der Waals surface area contributed by atoms with Gasteiger partial charge in [-0.2, -0.15) is 0 Å². The summed E-state index contributed by atoms with van der Waals surface area (Å²) in [6.07, 6.45) is 8.49. The van der Waals surface area contributed by atoms with Gasteiger partial charge < -0.3 is 35.1 Å². The molecule has 0 heterocycles. The van der Waals surface area contributed by atoms with Crippen LogP contribution in [0, 0.1) is 0 Å². The van der Waals surface area contributed by atoms with Gasteiger partial charge in [-0.25, -0.2) is 0 Å². The second-order valence-electron chi connectivity index (χ2n) is 13.6. The minimum absolute atomic E-state index is 0.0776. The maximum Gasteiger partial charge on any atom is 0.307 e. The minimum Gasteiger partial charge on any atom is -0.481 e. The molecular weight excluding hydrogens is 773 g/mol. The van der Waals surface area contributed by atoms with Crippen molar-refractivity contribution in [3.8, 4) is 0 Å². The lowest BCUT2D eigenvalue weighted by Gasteiger charge is -2.19. The average molecular weight is 832 g/mol. The molecule has 0 bridgehead atoms. The third-order valence-electron chi connectivity index (χ3n) is 8.02. The normalized spacial score (nSPS) is 12.8. The van der Waals surface area contributed by atoms with Gasteiger partial charge in [0.25, 0.3) is 0 Å². The molecule has 0 fully saturated rings. The van der Waals surface area contributed by atoms with E-state index in [1.165, 1.54) is 5.56 Å². The first-order valence-corrected chi connectivity index (χ1v) is 19.8. The van der Waals surface area contributed by atoms with Crippen molar-refractivity contribution in [3.05, 3.63) is 192 Å². The molecule has 0 spiro atoms. The largest absolute Gasteiger partial charge is 0.481 e. The number of aliphatic hydroxyl groups excluding tert-OH is 4. The summed E-state index contributed by atoms with van der Waals surface area (Å²) in [7, 11) is 0. The Labute approximate surface area is 360 Å². The SMILES string of the molecule is CC(=O)C=Cc1ccccc1.CC(O)C=Cc1ccccc1.CC(O)CCc1ccccc1.O=C(O)Cc1ccccc1.O=[C]C(OCC(O)CO)C(C=O)c1ccccc1. The molecule has 5 aromatic rings. The van der Waals surface area contributed by atoms with Gasteiger partial charge in [0.05, 0.1) is 37.8 Å². The molecule has 61 heavy (non-hydrogen) atoms. The van der Waals surface area contributed by atoms with Crippen molar-refractivity contribution in [2.24, 2.45) is 0 Å². The van der Waals surface area contributed by atoms with Gasteiger partial charge in [0.1, 0.15) is 18.5 Å². The molecule has 1 radical (unpaired) electrons. The molecule has 5 unspecified atom stereocenters. The molecule has 0 saturated carbocycles. The average Bonchev–Trinajstić information content (AvgIpc) is 3.28. The summed E-state index contributed by atoms with van der Waals surface area (Å²) in [5.41, 5.74) is 4.96. The number of ether oxygens (including phenoxy) is 1. The van der Waals surface area contributed by atoms with Crippen LogP contribution >= 0.6 is 0 Å². The number of hydrogen-bond acceptors (Lipinski definition) is 9. The lowest BCUT2D eigenvalue weighted by molar-refractivity contribution is -0.136. The van der Waals surface area contributed by atoms with E-state index in [1.807, 2.05) is 116 Å². The summed E-state index contributed by atoms with van der Waals surface area (Å²) in [5.74, 6) is -1.48. The minimum atomic E-state index is -1.09. The van der Waals surface area contributed by atoms with Crippen LogP contribution in [0.25, 0.3) is 12.2 Å². The molecule has 0 aliphatic heterocycles. The van der Waals surface area contributed by atoms with Crippen molar-refractivity contribution in [2.75, 3.05) is 13.2 Å². The summed E-state index contributed by atoms with van der Waals surface area (Å²) in [6, 6.07) is 47.7. The van der Waals surface area contributed by atoms with Crippen molar-refractivity contribution in [1.82, 2.24) is 0 Å². The Balaban J connectivity index is 0.000000389. The van der Waals surface area contributed by atoms with E-state index in [0.29, 0.717) is 11.8 Å². The number of allylic oxidation sites excluding steroid dienone is 1. The molecule has 10 nitrogen and oxygen atoms in total. The Kier molecular flexibility index (Phi) is 29.2. The Morgan fingerprint density at radius 1 is 0.689 bits per heavy atom. The smallest absolute Gasteiger partial charge is 0.307 e. The Morgan fingerprint density at radius 2 is 1.15 bits per heavy atom. The maximum absolute atomic E-state index is 11.0. The summed E-state index contributed by atoms with van der Waals surface area (Å²) in [5, 5.41) is 44.1. The van der Waals surface area contributed by atoms with Crippen LogP contribution in [0.2, 0.25) is 0 Å². The van der Waals surface area contributed by atoms with E-state index in [1.54, 1.807) is 74.8 Å². The molecule has 323 valence electrons. The summed E-state index contributed by atoms with van der Waals surface area (Å²) >= 11 is 0. The Hall–Kier alpha value is -6.14. The number of hydrogen-bond donors (Lipinski definition) is 5. The molecular formula is C51H59O10. The van der Waals surface area contributed by atoms with E-state index in [0.717, 1.165) is 29.5 Å². The molecule has 0 amide bonds. The van der Waals surface area contributed by atoms with Crippen LogP contribution in [0.15, 0.2) is 164 Å². The first-order chi connectivity index (χ1) is 29.4. The van der Waals surface area contributed by atoms with Gasteiger partial charge in [0, 0.05) is 0 Å². The monoisotopic (exact) mass is 831 g/mol. The first-order valence-electron chi connectivity index (χ1n) is 19.8. The topological polar surface area (TPSA) is 179 Å². The Morgan fingerprint density at radius 3 is 1.56 bits per heavy atom. The van der Waals surface area contributed by atoms with Crippen LogP contribution in [-0.2, 0) is 36.8 Å². The quantitative estimate of drug-likeness (QED) is 0.0466. The highest BCUT2D eigenvalue weighted by atomic mass is 16.5. The lowest BCUT2D eigenvalue weighted by atomic mass is 9.95. The maximum atomic E-state index is 11.0. The molecule has 0 aromatic heterocycles. The van der Waals surface area contributed by atoms with E-state index < -0.39 is 30.7 Å². The van der Waals surface area contributed by atoms with E-state index in [-0.39, 0.29) is 31.0 Å². The summed E-state index contributed by atoms with van der Waals surface area (Å²) in [4.78, 5) is 42.6. The second-order valence-corrected chi connectivity index (χ2v) is 13.6. The molecule has 5 rings (SSSR count). The zero-order valence-corrected chi connectivity index (χ0v) is 35.0. The highest BCUT2D eigenvalue weighted by Gasteiger charge is 2.24. The van der Waals surface area contributed by atoms with Gasteiger partial charge in [0.2, 0.25) is 6.29 Å². The second kappa shape index (κ2) is 33.7. The number of carbonyl (C=O) groups is 3. The van der Waals surface area contributed by atoms with Gasteiger partial charge >= 0.3 is 5.97 Å². The number of carbonyl (C=O) groups excluding carboxylic acids is 3. The highest BCUT2D eigenvalue weighted by Crippen LogP contribution is 2.19. The van der Waals surface area contributed by atoms with E-state index in [9.17, 15) is 19.2 Å². The van der Waals surface area contributed by atoms with Crippen LogP contribution in [0.5, 0.6) is 0 Å². The van der Waals surface area contributed by atoms with E-state index in [4.69, 9.17) is 30.3 Å². The molecule has 5 aromatic carbocycles. The van der Waals surface area contributed by atoms with Gasteiger partial charge in [-0.3, -0.25) is 14.4 Å². The van der Waals surface area contributed by atoms with Crippen LogP contribution in [0.4, 0.5) is 0 Å². The van der Waals surface area contributed by atoms with Crippen molar-refractivity contribution in [2.45, 2.75) is 70.4 Å². The van der Waals surface area contributed by atoms with E-state index in [2.05, 4.69) is 12.1 Å². The van der Waals surface area contributed by atoms with Crippen molar-refractivity contribution < 1.29 is 49.4 Å². The fourth-order valence-electron chi connectivity index (χ4n) is 4.86. The zero-order chi connectivity index (χ0) is 45.1. The number of carboxylic acids is 1. The lowest BCUT2D eigenvalue weighted by Crippen LogP contribution is -2.30. The fraction of sp³-hybridized carbons (Fsp3) is 0.255. The molecule has 5 atom stereocenters. The van der Waals surface area contributed by atoms with Crippen LogP contribution in [-0.4, -0.2) is 87.5 Å². The van der Waals surface area contributed by atoms with Gasteiger partial charge in [-0.15, -0.1) is 0 Å². The number of aliphatic hydroxyl groups is 4. The van der Waals surface area contributed by atoms with Crippen LogP contribution < -0.4 is 0 Å². The van der Waals surface area contributed by atoms with Crippen LogP contribution in [0.3, 0.4) is 0 Å². The number of aldehydes is 1. The Bertz CT molecular complexity index is 1920. The van der Waals surface area contributed by atoms with Crippen molar-refractivity contribution >= 4 is 36.5 Å². The standard InChI is InChI=1S/C13H15O5.C10H14O.C10H12O.C10H10O.C8H8O2/c14-6-11(17)9-18-13(8-16)12(7-15)10-4-2-1-3-5-10;3*1-9(11)7-8-10-5-3-2-4-6-10;9-8(10)6-7-4-2-1-3-5-7/h1-5,7,11-14,17H,6,9H2;2-6,9,11H,7-8H2,1H3;2-9,11H,1H3;2-8H,1H3;1-5H,6H2,(H,9,10).